The molecule has 0 aromatic rings. The molecule has 30 heavy (non-hydrogen) atoms. The standard InChI is InChI=1S/C27H46O3/c1-16(2)7-6-8-17(3)19-9-10-20-18-15-23(29)27-24(30-27)22(28)12-14-26(27,5)21(18)11-13-25(19,20)4/h16-24,28-29H,6-15H2,1-5H3/t17-,18+,19-,20+,21+,22+,23-,24+,25-,26-,27+/m1/s1. The zero-order chi connectivity index (χ0) is 21.5. The zero-order valence-corrected chi connectivity index (χ0v) is 20.1. The zero-order valence-electron chi connectivity index (χ0n) is 20.1. The van der Waals surface area contributed by atoms with Crippen LogP contribution in [-0.2, 0) is 4.74 Å². The monoisotopic (exact) mass is 418 g/mol. The van der Waals surface area contributed by atoms with Crippen LogP contribution < -0.4 is 0 Å². The lowest BCUT2D eigenvalue weighted by Gasteiger charge is -2.61. The highest BCUT2D eigenvalue weighted by molar-refractivity contribution is 5.27. The molecule has 0 radical (unpaired) electrons. The third-order valence-corrected chi connectivity index (χ3v) is 11.3. The highest BCUT2D eigenvalue weighted by Gasteiger charge is 2.79. The van der Waals surface area contributed by atoms with Gasteiger partial charge < -0.3 is 14.9 Å². The Labute approximate surface area is 184 Å². The van der Waals surface area contributed by atoms with E-state index in [2.05, 4.69) is 34.6 Å². The van der Waals surface area contributed by atoms with Gasteiger partial charge in [0.25, 0.3) is 0 Å². The van der Waals surface area contributed by atoms with E-state index in [0.29, 0.717) is 17.3 Å². The maximum Gasteiger partial charge on any atom is 0.129 e. The summed E-state index contributed by atoms with van der Waals surface area (Å²) in [4.78, 5) is 0. The minimum absolute atomic E-state index is 0.0432. The molecule has 3 nitrogen and oxygen atoms in total. The summed E-state index contributed by atoms with van der Waals surface area (Å²) in [6.45, 7) is 12.2. The third-order valence-electron chi connectivity index (χ3n) is 11.3. The molecule has 172 valence electrons. The molecule has 0 unspecified atom stereocenters. The van der Waals surface area contributed by atoms with E-state index in [9.17, 15) is 10.2 Å². The molecule has 3 heteroatoms. The largest absolute Gasteiger partial charge is 0.390 e. The molecule has 0 aromatic carbocycles. The van der Waals surface area contributed by atoms with Crippen LogP contribution in [0, 0.1) is 46.3 Å². The average Bonchev–Trinajstić information content (AvgIpc) is 3.36. The van der Waals surface area contributed by atoms with Gasteiger partial charge in [-0.1, -0.05) is 53.9 Å². The highest BCUT2D eigenvalue weighted by Crippen LogP contribution is 2.73. The van der Waals surface area contributed by atoms with Gasteiger partial charge in [0, 0.05) is 5.41 Å². The summed E-state index contributed by atoms with van der Waals surface area (Å²) in [5, 5.41) is 21.8. The van der Waals surface area contributed by atoms with Gasteiger partial charge in [-0.3, -0.25) is 0 Å². The fourth-order valence-corrected chi connectivity index (χ4v) is 9.78. The van der Waals surface area contributed by atoms with Crippen LogP contribution >= 0.6 is 0 Å². The summed E-state index contributed by atoms with van der Waals surface area (Å²) in [5.41, 5.74) is 0.0558. The molecule has 11 atom stereocenters. The molecule has 5 aliphatic rings. The first-order chi connectivity index (χ1) is 14.1. The summed E-state index contributed by atoms with van der Waals surface area (Å²) >= 11 is 0. The first-order valence-corrected chi connectivity index (χ1v) is 13.2. The smallest absolute Gasteiger partial charge is 0.129 e. The van der Waals surface area contributed by atoms with Crippen molar-refractivity contribution >= 4 is 0 Å². The molecule has 5 rings (SSSR count). The van der Waals surface area contributed by atoms with Gasteiger partial charge in [-0.15, -0.1) is 0 Å². The van der Waals surface area contributed by atoms with E-state index in [0.717, 1.165) is 42.9 Å². The van der Waals surface area contributed by atoms with Gasteiger partial charge in [-0.2, -0.15) is 0 Å². The number of aliphatic hydroxyl groups is 2. The van der Waals surface area contributed by atoms with Gasteiger partial charge in [0.2, 0.25) is 0 Å². The van der Waals surface area contributed by atoms with Crippen LogP contribution in [0.4, 0.5) is 0 Å². The van der Waals surface area contributed by atoms with E-state index in [4.69, 9.17) is 4.74 Å². The van der Waals surface area contributed by atoms with Gasteiger partial charge >= 0.3 is 0 Å². The van der Waals surface area contributed by atoms with Gasteiger partial charge in [0.15, 0.2) is 0 Å². The normalized spacial score (nSPS) is 55.4. The van der Waals surface area contributed by atoms with E-state index in [1.165, 1.54) is 44.9 Å². The van der Waals surface area contributed by atoms with E-state index in [-0.39, 0.29) is 17.6 Å². The second-order valence-electron chi connectivity index (χ2n) is 13.0. The summed E-state index contributed by atoms with van der Waals surface area (Å²) < 4.78 is 6.21. The van der Waals surface area contributed by atoms with Gasteiger partial charge in [0.05, 0.1) is 12.2 Å². The van der Waals surface area contributed by atoms with Crippen molar-refractivity contribution in [3.05, 3.63) is 0 Å². The predicted octanol–water partition coefficient (Wildman–Crippen LogP) is 5.57. The minimum Gasteiger partial charge on any atom is -0.390 e. The molecule has 1 aliphatic heterocycles. The second kappa shape index (κ2) is 7.19. The van der Waals surface area contributed by atoms with Crippen molar-refractivity contribution in [1.82, 2.24) is 0 Å². The topological polar surface area (TPSA) is 53.0 Å². The van der Waals surface area contributed by atoms with Crippen LogP contribution in [0.5, 0.6) is 0 Å². The molecule has 1 spiro atoms. The van der Waals surface area contributed by atoms with Crippen molar-refractivity contribution in [3.8, 4) is 0 Å². The fourth-order valence-electron chi connectivity index (χ4n) is 9.78. The van der Waals surface area contributed by atoms with E-state index >= 15 is 0 Å². The quantitative estimate of drug-likeness (QED) is 0.574. The highest BCUT2D eigenvalue weighted by atomic mass is 16.6. The fraction of sp³-hybridized carbons (Fsp3) is 1.00. The van der Waals surface area contributed by atoms with Crippen molar-refractivity contribution in [2.24, 2.45) is 46.3 Å². The lowest BCUT2D eigenvalue weighted by atomic mass is 9.43. The molecule has 1 saturated heterocycles. The SMILES string of the molecule is CC(C)CCC[C@@H](C)[C@H]1CC[C@H]2[C@@H]3C[C@@H](O)[C@]45O[C@H]4[C@@H](O)CC[C@]5(C)[C@H]3CC[C@]12C. The van der Waals surface area contributed by atoms with E-state index in [1.54, 1.807) is 0 Å². The Hall–Kier alpha value is -0.120. The van der Waals surface area contributed by atoms with Crippen LogP contribution in [-0.4, -0.2) is 34.1 Å². The first kappa shape index (κ1) is 21.7. The Bertz CT molecular complexity index is 662. The number of fused-ring (bicyclic) bond motifs is 4. The summed E-state index contributed by atoms with van der Waals surface area (Å²) in [5.74, 6) is 4.57. The maximum atomic E-state index is 11.3. The molecular weight excluding hydrogens is 372 g/mol. The van der Waals surface area contributed by atoms with Crippen LogP contribution in [0.25, 0.3) is 0 Å². The number of hydrogen-bond acceptors (Lipinski definition) is 3. The molecule has 5 fully saturated rings. The Kier molecular flexibility index (Phi) is 5.20. The molecule has 4 aliphatic carbocycles. The lowest BCUT2D eigenvalue weighted by molar-refractivity contribution is -0.165. The van der Waals surface area contributed by atoms with Crippen molar-refractivity contribution in [3.63, 3.8) is 0 Å². The minimum atomic E-state index is -0.443. The van der Waals surface area contributed by atoms with Crippen molar-refractivity contribution in [1.29, 1.82) is 0 Å². The Morgan fingerprint density at radius 2 is 1.70 bits per heavy atom. The molecule has 0 bridgehead atoms. The molecular formula is C27H46O3. The number of ether oxygens (including phenoxy) is 1. The second-order valence-corrected chi connectivity index (χ2v) is 13.0. The van der Waals surface area contributed by atoms with Crippen molar-refractivity contribution in [2.45, 2.75) is 123 Å². The number of rotatable bonds is 5. The van der Waals surface area contributed by atoms with E-state index in [1.807, 2.05) is 0 Å². The average molecular weight is 419 g/mol. The molecule has 1 heterocycles. The Morgan fingerprint density at radius 1 is 0.933 bits per heavy atom. The van der Waals surface area contributed by atoms with Crippen LogP contribution in [0.1, 0.15) is 98.8 Å². The Morgan fingerprint density at radius 3 is 2.43 bits per heavy atom. The summed E-state index contributed by atoms with van der Waals surface area (Å²) in [7, 11) is 0. The molecule has 0 aromatic heterocycles. The first-order valence-electron chi connectivity index (χ1n) is 13.2. The Balaban J connectivity index is 1.35. The van der Waals surface area contributed by atoms with Crippen molar-refractivity contribution in [2.75, 3.05) is 0 Å². The van der Waals surface area contributed by atoms with E-state index < -0.39 is 11.7 Å². The number of epoxide rings is 1. The van der Waals surface area contributed by atoms with Crippen LogP contribution in [0.2, 0.25) is 0 Å². The molecule has 4 saturated carbocycles. The lowest BCUT2D eigenvalue weighted by Crippen LogP contribution is -2.63. The third kappa shape index (κ3) is 2.80. The van der Waals surface area contributed by atoms with Crippen LogP contribution in [0.15, 0.2) is 0 Å². The summed E-state index contributed by atoms with van der Waals surface area (Å²) in [6, 6.07) is 0. The van der Waals surface area contributed by atoms with Gasteiger partial charge in [-0.25, -0.2) is 0 Å². The van der Waals surface area contributed by atoms with Crippen molar-refractivity contribution < 1.29 is 14.9 Å². The van der Waals surface area contributed by atoms with Gasteiger partial charge in [-0.05, 0) is 85.9 Å². The maximum absolute atomic E-state index is 11.3. The number of aliphatic hydroxyl groups excluding tert-OH is 2. The molecule has 0 amide bonds. The molecule has 2 N–H and O–H groups in total. The van der Waals surface area contributed by atoms with Crippen LogP contribution in [0.3, 0.4) is 0 Å². The number of hydrogen-bond donors (Lipinski definition) is 2. The van der Waals surface area contributed by atoms with Gasteiger partial charge in [0.1, 0.15) is 11.7 Å². The predicted molar refractivity (Wildman–Crippen MR) is 120 cm³/mol. The summed E-state index contributed by atoms with van der Waals surface area (Å²) in [6.07, 6.45) is 11.4.